The van der Waals surface area contributed by atoms with Crippen LogP contribution in [0.4, 0.5) is 5.69 Å². The number of nitro benzene ring substituents is 1. The quantitative estimate of drug-likeness (QED) is 0.540. The molecule has 29 heavy (non-hydrogen) atoms. The van der Waals surface area contributed by atoms with E-state index in [0.29, 0.717) is 0 Å². The molecular weight excluding hydrogens is 370 g/mol. The number of nitro groups is 1. The maximum absolute atomic E-state index is 13.0. The average molecular weight is 402 g/mol. The summed E-state index contributed by atoms with van der Waals surface area (Å²) in [6.45, 7) is 0. The van der Waals surface area contributed by atoms with Gasteiger partial charge >= 0.3 is 0 Å². The van der Waals surface area contributed by atoms with Crippen molar-refractivity contribution in [3.8, 4) is 0 Å². The Morgan fingerprint density at radius 2 is 1.17 bits per heavy atom. The van der Waals surface area contributed by atoms with Gasteiger partial charge < -0.3 is 9.80 Å². The van der Waals surface area contributed by atoms with E-state index in [4.69, 9.17) is 0 Å². The Kier molecular flexibility index (Phi) is 6.87. The molecule has 1 aromatic rings. The monoisotopic (exact) mass is 401 g/mol. The fourth-order valence-corrected chi connectivity index (χ4v) is 4.64. The molecule has 2 saturated carbocycles. The molecule has 0 bridgehead atoms. The molecule has 3 rings (SSSR count). The number of rotatable bonds is 5. The van der Waals surface area contributed by atoms with Crippen LogP contribution in [0.2, 0.25) is 0 Å². The zero-order valence-electron chi connectivity index (χ0n) is 17.4. The third-order valence-corrected chi connectivity index (χ3v) is 6.51. The molecule has 0 N–H and O–H groups in total. The summed E-state index contributed by atoms with van der Waals surface area (Å²) in [4.78, 5) is 40.4. The Labute approximate surface area is 172 Å². The van der Waals surface area contributed by atoms with Crippen molar-refractivity contribution in [2.24, 2.45) is 0 Å². The van der Waals surface area contributed by atoms with Crippen LogP contribution in [0.25, 0.3) is 0 Å². The number of carbonyl (C=O) groups excluding carboxylic acids is 2. The van der Waals surface area contributed by atoms with Crippen LogP contribution < -0.4 is 0 Å². The molecule has 7 heteroatoms. The summed E-state index contributed by atoms with van der Waals surface area (Å²) in [6.07, 6.45) is 10.5. The van der Waals surface area contributed by atoms with Gasteiger partial charge in [-0.1, -0.05) is 38.5 Å². The molecule has 0 saturated heterocycles. The molecule has 158 valence electrons. The van der Waals surface area contributed by atoms with Crippen LogP contribution in [0.15, 0.2) is 18.2 Å². The van der Waals surface area contributed by atoms with E-state index < -0.39 is 4.92 Å². The summed E-state index contributed by atoms with van der Waals surface area (Å²) >= 11 is 0. The Balaban J connectivity index is 1.86. The van der Waals surface area contributed by atoms with Gasteiger partial charge in [-0.2, -0.15) is 0 Å². The largest absolute Gasteiger partial charge is 0.339 e. The van der Waals surface area contributed by atoms with E-state index in [2.05, 4.69) is 0 Å². The van der Waals surface area contributed by atoms with Crippen LogP contribution in [0, 0.1) is 10.1 Å². The van der Waals surface area contributed by atoms with Crippen molar-refractivity contribution in [2.75, 3.05) is 14.1 Å². The lowest BCUT2D eigenvalue weighted by Gasteiger charge is -2.32. The number of amides is 2. The van der Waals surface area contributed by atoms with Crippen LogP contribution in [0.5, 0.6) is 0 Å². The molecule has 2 aliphatic rings. The lowest BCUT2D eigenvalue weighted by molar-refractivity contribution is -0.384. The minimum Gasteiger partial charge on any atom is -0.339 e. The van der Waals surface area contributed by atoms with Crippen molar-refractivity contribution in [1.82, 2.24) is 9.80 Å². The van der Waals surface area contributed by atoms with Gasteiger partial charge in [0.05, 0.1) is 4.92 Å². The van der Waals surface area contributed by atoms with Crippen molar-refractivity contribution in [2.45, 2.75) is 76.3 Å². The van der Waals surface area contributed by atoms with E-state index in [1.807, 2.05) is 0 Å². The van der Waals surface area contributed by atoms with Gasteiger partial charge in [0, 0.05) is 49.4 Å². The third kappa shape index (κ3) is 4.95. The number of hydrogen-bond acceptors (Lipinski definition) is 4. The second-order valence-electron chi connectivity index (χ2n) is 8.44. The van der Waals surface area contributed by atoms with Crippen molar-refractivity contribution in [3.05, 3.63) is 39.4 Å². The van der Waals surface area contributed by atoms with Gasteiger partial charge in [-0.25, -0.2) is 0 Å². The molecular formula is C22H31N3O4. The Morgan fingerprint density at radius 1 is 0.793 bits per heavy atom. The minimum atomic E-state index is -0.533. The van der Waals surface area contributed by atoms with E-state index in [0.717, 1.165) is 51.4 Å². The fraction of sp³-hybridized carbons (Fsp3) is 0.636. The maximum atomic E-state index is 13.0. The van der Waals surface area contributed by atoms with Gasteiger partial charge in [-0.05, 0) is 31.7 Å². The second kappa shape index (κ2) is 9.37. The first-order valence-corrected chi connectivity index (χ1v) is 10.7. The highest BCUT2D eigenvalue weighted by Crippen LogP contribution is 2.27. The highest BCUT2D eigenvalue weighted by atomic mass is 16.6. The van der Waals surface area contributed by atoms with Crippen molar-refractivity contribution in [3.63, 3.8) is 0 Å². The zero-order valence-corrected chi connectivity index (χ0v) is 17.4. The molecule has 2 fully saturated rings. The smallest absolute Gasteiger partial charge is 0.271 e. The van der Waals surface area contributed by atoms with Gasteiger partial charge in [0.15, 0.2) is 0 Å². The first kappa shape index (κ1) is 21.3. The summed E-state index contributed by atoms with van der Waals surface area (Å²) in [7, 11) is 3.51. The maximum Gasteiger partial charge on any atom is 0.271 e. The number of nitrogens with zero attached hydrogens (tertiary/aromatic N) is 3. The number of benzene rings is 1. The van der Waals surface area contributed by atoms with Crippen LogP contribution in [0.1, 0.15) is 84.9 Å². The van der Waals surface area contributed by atoms with Gasteiger partial charge in [0.1, 0.15) is 0 Å². The fourth-order valence-electron chi connectivity index (χ4n) is 4.64. The zero-order chi connectivity index (χ0) is 21.0. The lowest BCUT2D eigenvalue weighted by atomic mass is 9.93. The first-order valence-electron chi connectivity index (χ1n) is 10.7. The SMILES string of the molecule is CN(C(=O)c1cc(C(=O)N(C)C2CCCCC2)cc([N+](=O)[O-])c1)C1CCCCC1. The molecule has 0 aromatic heterocycles. The van der Waals surface area contributed by atoms with Gasteiger partial charge in [-0.3, -0.25) is 19.7 Å². The summed E-state index contributed by atoms with van der Waals surface area (Å²) in [5.74, 6) is -0.509. The number of hydrogen-bond donors (Lipinski definition) is 0. The third-order valence-electron chi connectivity index (χ3n) is 6.51. The van der Waals surface area contributed by atoms with Crippen LogP contribution in [-0.2, 0) is 0 Å². The molecule has 0 spiro atoms. The van der Waals surface area contributed by atoms with Crippen LogP contribution in [-0.4, -0.2) is 52.7 Å². The van der Waals surface area contributed by atoms with Crippen LogP contribution >= 0.6 is 0 Å². The predicted molar refractivity (Wildman–Crippen MR) is 111 cm³/mol. The summed E-state index contributed by atoms with van der Waals surface area (Å²) in [6, 6.07) is 4.41. The van der Waals surface area contributed by atoms with Gasteiger partial charge in [0.2, 0.25) is 0 Å². The summed E-state index contributed by atoms with van der Waals surface area (Å²) in [5, 5.41) is 11.4. The van der Waals surface area contributed by atoms with E-state index >= 15 is 0 Å². The molecule has 0 atom stereocenters. The highest BCUT2D eigenvalue weighted by Gasteiger charge is 2.28. The molecule has 0 heterocycles. The van der Waals surface area contributed by atoms with Crippen molar-refractivity contribution >= 4 is 17.5 Å². The first-order chi connectivity index (χ1) is 13.9. The topological polar surface area (TPSA) is 83.8 Å². The van der Waals surface area contributed by atoms with Crippen molar-refractivity contribution < 1.29 is 14.5 Å². The summed E-state index contributed by atoms with van der Waals surface area (Å²) in [5.41, 5.74) is 0.216. The van der Waals surface area contributed by atoms with E-state index in [1.165, 1.54) is 31.0 Å². The normalized spacial score (nSPS) is 18.3. The Bertz CT molecular complexity index is 713. The standard InChI is InChI=1S/C22H31N3O4/c1-23(18-9-5-3-6-10-18)21(26)16-13-17(15-20(14-16)25(28)29)22(27)24(2)19-11-7-4-8-12-19/h13-15,18-19H,3-12H2,1-2H3. The molecule has 2 aliphatic carbocycles. The molecule has 0 radical (unpaired) electrons. The highest BCUT2D eigenvalue weighted by molar-refractivity contribution is 6.00. The lowest BCUT2D eigenvalue weighted by Crippen LogP contribution is -2.39. The second-order valence-corrected chi connectivity index (χ2v) is 8.44. The Morgan fingerprint density at radius 3 is 1.52 bits per heavy atom. The Hall–Kier alpha value is -2.44. The molecule has 0 unspecified atom stereocenters. The van der Waals surface area contributed by atoms with E-state index in [1.54, 1.807) is 23.9 Å². The molecule has 1 aromatic carbocycles. The molecule has 2 amide bonds. The van der Waals surface area contributed by atoms with Crippen LogP contribution in [0.3, 0.4) is 0 Å². The van der Waals surface area contributed by atoms with Crippen molar-refractivity contribution in [1.29, 1.82) is 0 Å². The molecule has 7 nitrogen and oxygen atoms in total. The average Bonchev–Trinajstić information content (AvgIpc) is 2.77. The van der Waals surface area contributed by atoms with Gasteiger partial charge in [0.25, 0.3) is 17.5 Å². The minimum absolute atomic E-state index is 0.152. The predicted octanol–water partition coefficient (Wildman–Crippen LogP) is 4.40. The molecule has 0 aliphatic heterocycles. The number of carbonyl (C=O) groups is 2. The van der Waals surface area contributed by atoms with E-state index in [9.17, 15) is 19.7 Å². The van der Waals surface area contributed by atoms with Gasteiger partial charge in [-0.15, -0.1) is 0 Å². The number of non-ortho nitro benzene ring substituents is 1. The summed E-state index contributed by atoms with van der Waals surface area (Å²) < 4.78 is 0. The van der Waals surface area contributed by atoms with E-state index in [-0.39, 0.29) is 40.7 Å².